The highest BCUT2D eigenvalue weighted by Gasteiger charge is 2.54. The smallest absolute Gasteiger partial charge is 0.254 e. The number of likely N-dealkylation sites (tertiary alicyclic amines) is 1. The average Bonchev–Trinajstić information content (AvgIpc) is 2.50. The molecule has 1 aliphatic heterocycles. The number of nitrogens with zero attached hydrogens (tertiary/aromatic N) is 1. The average molecular weight is 354 g/mol. The Labute approximate surface area is 135 Å². The van der Waals surface area contributed by atoms with Gasteiger partial charge in [-0.05, 0) is 17.4 Å². The number of hydrogen-bond acceptors (Lipinski definition) is 2. The second-order valence-electron chi connectivity index (χ2n) is 6.32. The molecule has 0 N–H and O–H groups in total. The highest BCUT2D eigenvalue weighted by molar-refractivity contribution is 9.09. The number of amides is 1. The van der Waals surface area contributed by atoms with Gasteiger partial charge in [0, 0.05) is 11.9 Å². The summed E-state index contributed by atoms with van der Waals surface area (Å²) in [5.74, 6) is 0.131. The lowest BCUT2D eigenvalue weighted by Gasteiger charge is -2.53. The van der Waals surface area contributed by atoms with Crippen molar-refractivity contribution in [2.45, 2.75) is 45.9 Å². The Hall–Kier alpha value is -0.870. The van der Waals surface area contributed by atoms with Crippen molar-refractivity contribution in [3.63, 3.8) is 0 Å². The van der Waals surface area contributed by atoms with E-state index in [1.165, 1.54) is 0 Å². The predicted molar refractivity (Wildman–Crippen MR) is 88.4 cm³/mol. The molecule has 0 spiro atoms. The Bertz CT molecular complexity index is 475. The van der Waals surface area contributed by atoms with E-state index in [0.717, 1.165) is 23.9 Å². The minimum Gasteiger partial charge on any atom is -0.361 e. The van der Waals surface area contributed by atoms with E-state index in [0.29, 0.717) is 6.61 Å². The van der Waals surface area contributed by atoms with Crippen molar-refractivity contribution < 1.29 is 9.53 Å². The summed E-state index contributed by atoms with van der Waals surface area (Å²) in [5, 5.41) is 0.851. The van der Waals surface area contributed by atoms with Crippen LogP contribution in [0.1, 0.15) is 32.8 Å². The molecule has 1 heterocycles. The van der Waals surface area contributed by atoms with Crippen molar-refractivity contribution in [3.8, 4) is 0 Å². The summed E-state index contributed by atoms with van der Waals surface area (Å²) in [6, 6.07) is 10.2. The zero-order valence-electron chi connectivity index (χ0n) is 13.0. The van der Waals surface area contributed by atoms with E-state index in [-0.39, 0.29) is 23.5 Å². The molecule has 1 aliphatic rings. The van der Waals surface area contributed by atoms with Crippen LogP contribution in [-0.4, -0.2) is 34.8 Å². The number of hydrogen-bond donors (Lipinski definition) is 0. The van der Waals surface area contributed by atoms with Crippen LogP contribution in [0.4, 0.5) is 0 Å². The molecule has 0 unspecified atom stereocenters. The Kier molecular flexibility index (Phi) is 5.44. The van der Waals surface area contributed by atoms with Crippen LogP contribution < -0.4 is 0 Å². The zero-order valence-corrected chi connectivity index (χ0v) is 14.6. The molecular weight excluding hydrogens is 330 g/mol. The summed E-state index contributed by atoms with van der Waals surface area (Å²) >= 11 is 3.57. The number of β-lactam (4-membered cyclic amide) rings is 1. The van der Waals surface area contributed by atoms with Gasteiger partial charge in [0.05, 0.1) is 12.6 Å². The van der Waals surface area contributed by atoms with Crippen molar-refractivity contribution in [3.05, 3.63) is 35.9 Å². The summed E-state index contributed by atoms with van der Waals surface area (Å²) in [6.45, 7) is 7.77. The lowest BCUT2D eigenvalue weighted by atomic mass is 9.76. The fourth-order valence-corrected chi connectivity index (χ4v) is 3.17. The first-order valence-electron chi connectivity index (χ1n) is 7.53. The second kappa shape index (κ2) is 6.93. The molecule has 2 atom stereocenters. The van der Waals surface area contributed by atoms with Gasteiger partial charge in [-0.15, -0.1) is 0 Å². The van der Waals surface area contributed by atoms with Gasteiger partial charge in [-0.2, -0.15) is 0 Å². The molecule has 1 amide bonds. The minimum atomic E-state index is -0.315. The Morgan fingerprint density at radius 1 is 1.29 bits per heavy atom. The van der Waals surface area contributed by atoms with Crippen molar-refractivity contribution >= 4 is 21.8 Å². The summed E-state index contributed by atoms with van der Waals surface area (Å²) in [5.41, 5.74) is 1.11. The van der Waals surface area contributed by atoms with Gasteiger partial charge in [0.2, 0.25) is 0 Å². The third kappa shape index (κ3) is 3.49. The standard InChI is InChI=1S/C17H24BrNO2/c1-4-10-19-15(17(2,3)12-18)14(16(19)20)21-11-13-8-6-5-7-9-13/h5-9,14-15H,4,10-12H2,1-3H3/t14-,15-/m0/s1. The maximum atomic E-state index is 12.3. The van der Waals surface area contributed by atoms with Crippen LogP contribution in [0.25, 0.3) is 0 Å². The summed E-state index contributed by atoms with van der Waals surface area (Å²) in [6.07, 6.45) is 0.663. The molecule has 0 aromatic heterocycles. The lowest BCUT2D eigenvalue weighted by Crippen LogP contribution is -2.70. The van der Waals surface area contributed by atoms with E-state index in [9.17, 15) is 4.79 Å². The van der Waals surface area contributed by atoms with Crippen molar-refractivity contribution in [2.75, 3.05) is 11.9 Å². The van der Waals surface area contributed by atoms with E-state index in [1.807, 2.05) is 35.2 Å². The predicted octanol–water partition coefficient (Wildman–Crippen LogP) is 3.61. The SMILES string of the molecule is CCCN1C(=O)[C@@H](OCc2ccccc2)[C@H]1C(C)(C)CBr. The molecule has 4 heteroatoms. The van der Waals surface area contributed by atoms with Crippen LogP contribution in [0.15, 0.2) is 30.3 Å². The first-order valence-corrected chi connectivity index (χ1v) is 8.65. The quantitative estimate of drug-likeness (QED) is 0.553. The van der Waals surface area contributed by atoms with E-state index in [2.05, 4.69) is 36.7 Å². The van der Waals surface area contributed by atoms with Crippen LogP contribution in [0, 0.1) is 5.41 Å². The van der Waals surface area contributed by atoms with Crippen LogP contribution in [0.2, 0.25) is 0 Å². The van der Waals surface area contributed by atoms with Gasteiger partial charge < -0.3 is 9.64 Å². The topological polar surface area (TPSA) is 29.5 Å². The van der Waals surface area contributed by atoms with Gasteiger partial charge in [0.15, 0.2) is 6.10 Å². The number of ether oxygens (including phenoxy) is 1. The Morgan fingerprint density at radius 2 is 1.95 bits per heavy atom. The van der Waals surface area contributed by atoms with Crippen LogP contribution in [-0.2, 0) is 16.1 Å². The lowest BCUT2D eigenvalue weighted by molar-refractivity contribution is -0.186. The number of rotatable bonds is 7. The van der Waals surface area contributed by atoms with Gasteiger partial charge in [0.25, 0.3) is 5.91 Å². The zero-order chi connectivity index (χ0) is 15.5. The van der Waals surface area contributed by atoms with E-state index >= 15 is 0 Å². The first-order chi connectivity index (χ1) is 10.0. The Morgan fingerprint density at radius 3 is 2.52 bits per heavy atom. The molecule has 0 bridgehead atoms. The maximum absolute atomic E-state index is 12.3. The molecule has 1 aromatic carbocycles. The Balaban J connectivity index is 2.05. The molecule has 1 saturated heterocycles. The van der Waals surface area contributed by atoms with E-state index in [4.69, 9.17) is 4.74 Å². The van der Waals surface area contributed by atoms with Gasteiger partial charge in [-0.25, -0.2) is 0 Å². The first kappa shape index (κ1) is 16.5. The molecule has 21 heavy (non-hydrogen) atoms. The number of carbonyl (C=O) groups is 1. The number of benzene rings is 1. The summed E-state index contributed by atoms with van der Waals surface area (Å²) in [4.78, 5) is 14.3. The monoisotopic (exact) mass is 353 g/mol. The molecular formula is C17H24BrNO2. The van der Waals surface area contributed by atoms with Gasteiger partial charge >= 0.3 is 0 Å². The second-order valence-corrected chi connectivity index (χ2v) is 6.88. The minimum absolute atomic E-state index is 0.00440. The van der Waals surface area contributed by atoms with Crippen LogP contribution in [0.3, 0.4) is 0 Å². The fraction of sp³-hybridized carbons (Fsp3) is 0.588. The highest BCUT2D eigenvalue weighted by Crippen LogP contribution is 2.38. The summed E-state index contributed by atoms with van der Waals surface area (Å²) < 4.78 is 5.94. The molecule has 3 nitrogen and oxygen atoms in total. The molecule has 1 aromatic rings. The third-order valence-electron chi connectivity index (χ3n) is 4.03. The van der Waals surface area contributed by atoms with Gasteiger partial charge in [-0.1, -0.05) is 67.0 Å². The van der Waals surface area contributed by atoms with Crippen LogP contribution >= 0.6 is 15.9 Å². The summed E-state index contributed by atoms with van der Waals surface area (Å²) in [7, 11) is 0. The molecule has 0 saturated carbocycles. The van der Waals surface area contributed by atoms with Crippen molar-refractivity contribution in [2.24, 2.45) is 5.41 Å². The largest absolute Gasteiger partial charge is 0.361 e. The van der Waals surface area contributed by atoms with Crippen molar-refractivity contribution in [1.82, 2.24) is 4.90 Å². The number of halogens is 1. The molecule has 1 fully saturated rings. The molecule has 116 valence electrons. The fourth-order valence-electron chi connectivity index (χ4n) is 2.84. The highest BCUT2D eigenvalue weighted by atomic mass is 79.9. The van der Waals surface area contributed by atoms with E-state index in [1.54, 1.807) is 0 Å². The number of carbonyl (C=O) groups excluding carboxylic acids is 1. The van der Waals surface area contributed by atoms with Crippen molar-refractivity contribution in [1.29, 1.82) is 0 Å². The maximum Gasteiger partial charge on any atom is 0.254 e. The number of alkyl halides is 1. The third-order valence-corrected chi connectivity index (χ3v) is 5.48. The van der Waals surface area contributed by atoms with E-state index < -0.39 is 0 Å². The van der Waals surface area contributed by atoms with Gasteiger partial charge in [0.1, 0.15) is 0 Å². The van der Waals surface area contributed by atoms with Crippen LogP contribution in [0.5, 0.6) is 0 Å². The molecule has 2 rings (SSSR count). The molecule has 0 radical (unpaired) electrons. The normalized spacial score (nSPS) is 22.3. The molecule has 0 aliphatic carbocycles. The van der Waals surface area contributed by atoms with Gasteiger partial charge in [-0.3, -0.25) is 4.79 Å².